The van der Waals surface area contributed by atoms with E-state index in [1.165, 1.54) is 0 Å². The summed E-state index contributed by atoms with van der Waals surface area (Å²) in [4.78, 5) is 12.3. The maximum absolute atomic E-state index is 12.3. The molecule has 1 amide bonds. The second-order valence-corrected chi connectivity index (χ2v) is 4.90. The van der Waals surface area contributed by atoms with Crippen LogP contribution in [0, 0.1) is 0 Å². The summed E-state index contributed by atoms with van der Waals surface area (Å²) in [5.41, 5.74) is 0.846. The van der Waals surface area contributed by atoms with Gasteiger partial charge in [-0.3, -0.25) is 4.79 Å². The molecule has 0 atom stereocenters. The molecule has 0 aliphatic carbocycles. The number of amides is 1. The van der Waals surface area contributed by atoms with Gasteiger partial charge in [-0.25, -0.2) is 0 Å². The molecule has 0 saturated heterocycles. The first-order valence-electron chi connectivity index (χ1n) is 6.84. The molecule has 0 saturated carbocycles. The van der Waals surface area contributed by atoms with Gasteiger partial charge in [0.2, 0.25) is 0 Å². The average Bonchev–Trinajstić information content (AvgIpc) is 2.55. The van der Waals surface area contributed by atoms with Gasteiger partial charge in [-0.15, -0.1) is 0 Å². The number of aromatic hydroxyl groups is 1. The van der Waals surface area contributed by atoms with Gasteiger partial charge in [0, 0.05) is 5.56 Å². The molecule has 0 fully saturated rings. The first-order chi connectivity index (χ1) is 10.7. The summed E-state index contributed by atoms with van der Waals surface area (Å²) in [6.07, 6.45) is 0. The zero-order chi connectivity index (χ0) is 15.5. The lowest BCUT2D eigenvalue weighted by Crippen LogP contribution is -2.12. The Morgan fingerprint density at radius 1 is 1.00 bits per heavy atom. The minimum absolute atomic E-state index is 0.0370. The smallest absolute Gasteiger partial charge is 0.255 e. The number of hydrogen-bond acceptors (Lipinski definition) is 3. The number of benzene rings is 3. The summed E-state index contributed by atoms with van der Waals surface area (Å²) in [5.74, 6) is 0.342. The summed E-state index contributed by atoms with van der Waals surface area (Å²) in [6, 6.07) is 17.9. The van der Waals surface area contributed by atoms with Gasteiger partial charge in [-0.05, 0) is 41.1 Å². The molecule has 0 radical (unpaired) electrons. The van der Waals surface area contributed by atoms with Gasteiger partial charge >= 0.3 is 0 Å². The van der Waals surface area contributed by atoms with Crippen LogP contribution in [0.3, 0.4) is 0 Å². The highest BCUT2D eigenvalue weighted by molar-refractivity contribution is 6.06. The fourth-order valence-electron chi connectivity index (χ4n) is 2.29. The van der Waals surface area contributed by atoms with Crippen LogP contribution >= 0.6 is 0 Å². The number of carbonyl (C=O) groups is 1. The lowest BCUT2D eigenvalue weighted by Gasteiger charge is -2.10. The van der Waals surface area contributed by atoms with Gasteiger partial charge in [0.15, 0.2) is 0 Å². The molecular weight excluding hydrogens is 278 g/mol. The fourth-order valence-corrected chi connectivity index (χ4v) is 2.29. The van der Waals surface area contributed by atoms with Crippen molar-refractivity contribution in [2.24, 2.45) is 0 Å². The number of hydrogen-bond donors (Lipinski definition) is 2. The molecule has 3 aromatic carbocycles. The van der Waals surface area contributed by atoms with Gasteiger partial charge < -0.3 is 15.2 Å². The third-order valence-electron chi connectivity index (χ3n) is 3.44. The second-order valence-electron chi connectivity index (χ2n) is 4.90. The Morgan fingerprint density at radius 3 is 2.45 bits per heavy atom. The highest BCUT2D eigenvalue weighted by atomic mass is 16.5. The number of nitrogens with one attached hydrogen (secondary N) is 1. The number of carbonyl (C=O) groups excluding carboxylic acids is 1. The predicted octanol–water partition coefficient (Wildman–Crippen LogP) is 3.81. The fraction of sp³-hybridized carbons (Fsp3) is 0.0556. The predicted molar refractivity (Wildman–Crippen MR) is 86.6 cm³/mol. The molecule has 0 spiro atoms. The van der Waals surface area contributed by atoms with Crippen LogP contribution in [0.15, 0.2) is 60.7 Å². The van der Waals surface area contributed by atoms with Crippen molar-refractivity contribution in [1.82, 2.24) is 0 Å². The van der Waals surface area contributed by atoms with Crippen LogP contribution in [0.2, 0.25) is 0 Å². The van der Waals surface area contributed by atoms with Gasteiger partial charge in [0.05, 0.1) is 12.8 Å². The first-order valence-corrected chi connectivity index (χ1v) is 6.84. The standard InChI is InChI=1S/C18H15NO3/c1-22-15-8-4-7-14(9-15)18(21)19-16-10-12-5-2-3-6-13(12)11-17(16)20/h2-11,20H,1H3,(H,19,21). The van der Waals surface area contributed by atoms with Crippen molar-refractivity contribution >= 4 is 22.4 Å². The van der Waals surface area contributed by atoms with Crippen LogP contribution < -0.4 is 10.1 Å². The van der Waals surface area contributed by atoms with E-state index in [0.29, 0.717) is 17.0 Å². The lowest BCUT2D eigenvalue weighted by molar-refractivity contribution is 0.102. The lowest BCUT2D eigenvalue weighted by atomic mass is 10.1. The van der Waals surface area contributed by atoms with E-state index in [2.05, 4.69) is 5.32 Å². The number of methoxy groups -OCH3 is 1. The summed E-state index contributed by atoms with van der Waals surface area (Å²) in [5, 5.41) is 14.7. The van der Waals surface area contributed by atoms with E-state index in [-0.39, 0.29) is 11.7 Å². The zero-order valence-corrected chi connectivity index (χ0v) is 12.0. The maximum atomic E-state index is 12.3. The van der Waals surface area contributed by atoms with Crippen molar-refractivity contribution in [2.75, 3.05) is 12.4 Å². The van der Waals surface area contributed by atoms with E-state index >= 15 is 0 Å². The van der Waals surface area contributed by atoms with Crippen LogP contribution in [-0.4, -0.2) is 18.1 Å². The first kappa shape index (κ1) is 13.9. The topological polar surface area (TPSA) is 58.6 Å². The molecule has 22 heavy (non-hydrogen) atoms. The third-order valence-corrected chi connectivity index (χ3v) is 3.44. The normalized spacial score (nSPS) is 10.4. The Hall–Kier alpha value is -3.01. The molecule has 4 heteroatoms. The highest BCUT2D eigenvalue weighted by Gasteiger charge is 2.10. The van der Waals surface area contributed by atoms with Crippen molar-refractivity contribution in [1.29, 1.82) is 0 Å². The number of fused-ring (bicyclic) bond motifs is 1. The monoisotopic (exact) mass is 293 g/mol. The van der Waals surface area contributed by atoms with Crippen LogP contribution in [0.25, 0.3) is 10.8 Å². The molecule has 2 N–H and O–H groups in total. The summed E-state index contributed by atoms with van der Waals surface area (Å²) in [6.45, 7) is 0. The largest absolute Gasteiger partial charge is 0.506 e. The minimum Gasteiger partial charge on any atom is -0.506 e. The molecule has 0 aromatic heterocycles. The van der Waals surface area contributed by atoms with Crippen LogP contribution in [0.1, 0.15) is 10.4 Å². The Morgan fingerprint density at radius 2 is 1.73 bits per heavy atom. The van der Waals surface area contributed by atoms with Crippen molar-refractivity contribution in [3.05, 3.63) is 66.2 Å². The second kappa shape index (κ2) is 5.77. The van der Waals surface area contributed by atoms with E-state index in [0.717, 1.165) is 10.8 Å². The number of anilines is 1. The van der Waals surface area contributed by atoms with Crippen molar-refractivity contribution in [3.8, 4) is 11.5 Å². The van der Waals surface area contributed by atoms with Crippen molar-refractivity contribution < 1.29 is 14.6 Å². The number of phenolic OH excluding ortho intramolecular Hbond substituents is 1. The summed E-state index contributed by atoms with van der Waals surface area (Å²) >= 11 is 0. The molecule has 0 aliphatic rings. The van der Waals surface area contributed by atoms with E-state index in [1.54, 1.807) is 43.5 Å². The van der Waals surface area contributed by atoms with Crippen LogP contribution in [-0.2, 0) is 0 Å². The van der Waals surface area contributed by atoms with E-state index in [9.17, 15) is 9.90 Å². The van der Waals surface area contributed by atoms with E-state index in [4.69, 9.17) is 4.74 Å². The van der Waals surface area contributed by atoms with E-state index in [1.807, 2.05) is 24.3 Å². The van der Waals surface area contributed by atoms with Crippen molar-refractivity contribution in [2.45, 2.75) is 0 Å². The third kappa shape index (κ3) is 2.72. The maximum Gasteiger partial charge on any atom is 0.255 e. The number of ether oxygens (including phenoxy) is 1. The Bertz CT molecular complexity index is 843. The van der Waals surface area contributed by atoms with Gasteiger partial charge in [-0.2, -0.15) is 0 Å². The van der Waals surface area contributed by atoms with Gasteiger partial charge in [-0.1, -0.05) is 30.3 Å². The molecule has 110 valence electrons. The molecule has 4 nitrogen and oxygen atoms in total. The molecule has 0 bridgehead atoms. The van der Waals surface area contributed by atoms with E-state index < -0.39 is 0 Å². The molecular formula is C18H15NO3. The Balaban J connectivity index is 1.91. The molecule has 0 unspecified atom stereocenters. The molecule has 0 heterocycles. The molecule has 0 aliphatic heterocycles. The zero-order valence-electron chi connectivity index (χ0n) is 12.0. The highest BCUT2D eigenvalue weighted by Crippen LogP contribution is 2.29. The SMILES string of the molecule is COc1cccc(C(=O)Nc2cc3ccccc3cc2O)c1. The average molecular weight is 293 g/mol. The number of phenols is 1. The quantitative estimate of drug-likeness (QED) is 0.722. The van der Waals surface area contributed by atoms with Gasteiger partial charge in [0.25, 0.3) is 5.91 Å². The molecule has 3 rings (SSSR count). The number of rotatable bonds is 3. The van der Waals surface area contributed by atoms with Crippen molar-refractivity contribution in [3.63, 3.8) is 0 Å². The molecule has 3 aromatic rings. The Labute approximate surface area is 128 Å². The minimum atomic E-state index is -0.301. The summed E-state index contributed by atoms with van der Waals surface area (Å²) in [7, 11) is 1.55. The summed E-state index contributed by atoms with van der Waals surface area (Å²) < 4.78 is 5.11. The Kier molecular flexibility index (Phi) is 3.66. The van der Waals surface area contributed by atoms with Crippen LogP contribution in [0.4, 0.5) is 5.69 Å². The van der Waals surface area contributed by atoms with Crippen LogP contribution in [0.5, 0.6) is 11.5 Å². The van der Waals surface area contributed by atoms with Gasteiger partial charge in [0.1, 0.15) is 11.5 Å².